The quantitative estimate of drug-likeness (QED) is 0.624. The van der Waals surface area contributed by atoms with E-state index in [2.05, 4.69) is 36.5 Å². The van der Waals surface area contributed by atoms with Crippen molar-refractivity contribution in [2.24, 2.45) is 5.92 Å². The van der Waals surface area contributed by atoms with E-state index in [1.165, 1.54) is 54.5 Å². The molecule has 1 atom stereocenters. The zero-order chi connectivity index (χ0) is 17.9. The number of hydrogen-bond acceptors (Lipinski definition) is 1. The Bertz CT molecular complexity index is 779. The molecule has 1 unspecified atom stereocenters. The molecule has 0 bridgehead atoms. The van der Waals surface area contributed by atoms with E-state index in [4.69, 9.17) is 0 Å². The third-order valence-corrected chi connectivity index (χ3v) is 5.94. The summed E-state index contributed by atoms with van der Waals surface area (Å²) >= 11 is 0. The molecule has 4 aliphatic rings. The van der Waals surface area contributed by atoms with E-state index in [0.29, 0.717) is 18.4 Å². The van der Waals surface area contributed by atoms with Gasteiger partial charge in [0.15, 0.2) is 0 Å². The smallest absolute Gasteiger partial charge is 0.104 e. The number of fused-ring (bicyclic) bond motifs is 1. The van der Waals surface area contributed by atoms with Gasteiger partial charge in [-0.1, -0.05) is 55.7 Å². The molecule has 0 radical (unpaired) electrons. The van der Waals surface area contributed by atoms with Crippen molar-refractivity contribution in [3.63, 3.8) is 0 Å². The second-order valence-corrected chi connectivity index (χ2v) is 7.84. The van der Waals surface area contributed by atoms with Crippen molar-refractivity contribution < 1.29 is 4.39 Å². The molecule has 0 aromatic rings. The molecular formula is C24H28FN. The largest absolute Gasteiger partial charge is 0.383 e. The Morgan fingerprint density at radius 2 is 1.92 bits per heavy atom. The zero-order valence-electron chi connectivity index (χ0n) is 15.6. The van der Waals surface area contributed by atoms with Crippen molar-refractivity contribution in [2.75, 3.05) is 0 Å². The molecule has 4 aliphatic carbocycles. The molecular weight excluding hydrogens is 321 g/mol. The first kappa shape index (κ1) is 17.3. The molecule has 1 N–H and O–H groups in total. The number of halogens is 1. The molecule has 1 saturated carbocycles. The van der Waals surface area contributed by atoms with Crippen LogP contribution >= 0.6 is 0 Å². The fraction of sp³-hybridized carbons (Fsp3) is 0.417. The van der Waals surface area contributed by atoms with Crippen molar-refractivity contribution in [1.82, 2.24) is 5.32 Å². The molecule has 0 aliphatic heterocycles. The standard InChI is InChI=1S/C24H28FN/c1-17-15-24(18-7-5-6-8-19(25)16-18)23-14-12-21(11-13-22(17)23)26-20-9-3-2-4-10-20/h5-7,11-13,15-16,20,23,26H,2-4,8-10,14H2,1H3. The predicted octanol–water partition coefficient (Wildman–Crippen LogP) is 6.36. The lowest BCUT2D eigenvalue weighted by Crippen LogP contribution is -2.29. The monoisotopic (exact) mass is 349 g/mol. The summed E-state index contributed by atoms with van der Waals surface area (Å²) in [6.07, 6.45) is 24.7. The maximum atomic E-state index is 14.0. The fourth-order valence-corrected chi connectivity index (χ4v) is 4.54. The fourth-order valence-electron chi connectivity index (χ4n) is 4.54. The van der Waals surface area contributed by atoms with E-state index < -0.39 is 0 Å². The van der Waals surface area contributed by atoms with Gasteiger partial charge in [0.05, 0.1) is 0 Å². The second kappa shape index (κ2) is 7.65. The first-order chi connectivity index (χ1) is 12.7. The van der Waals surface area contributed by atoms with E-state index in [1.807, 2.05) is 18.2 Å². The molecule has 2 heteroatoms. The van der Waals surface area contributed by atoms with Crippen molar-refractivity contribution in [2.45, 2.75) is 57.9 Å². The second-order valence-electron chi connectivity index (χ2n) is 7.84. The molecule has 0 heterocycles. The third kappa shape index (κ3) is 3.70. The van der Waals surface area contributed by atoms with Crippen LogP contribution in [0.2, 0.25) is 0 Å². The summed E-state index contributed by atoms with van der Waals surface area (Å²) < 4.78 is 14.0. The van der Waals surface area contributed by atoms with E-state index in [1.54, 1.807) is 6.08 Å². The molecule has 1 fully saturated rings. The van der Waals surface area contributed by atoms with Crippen LogP contribution in [-0.4, -0.2) is 6.04 Å². The van der Waals surface area contributed by atoms with Crippen LogP contribution in [0, 0.1) is 5.92 Å². The van der Waals surface area contributed by atoms with Crippen LogP contribution in [-0.2, 0) is 0 Å². The zero-order valence-corrected chi connectivity index (χ0v) is 15.6. The van der Waals surface area contributed by atoms with Gasteiger partial charge in [-0.3, -0.25) is 0 Å². The number of hydrogen-bond donors (Lipinski definition) is 1. The Labute approximate surface area is 156 Å². The third-order valence-electron chi connectivity index (χ3n) is 5.94. The normalized spacial score (nSPS) is 26.5. The molecule has 0 amide bonds. The molecule has 136 valence electrons. The van der Waals surface area contributed by atoms with Crippen LogP contribution in [0.15, 0.2) is 82.4 Å². The average Bonchev–Trinajstić information content (AvgIpc) is 2.81. The highest BCUT2D eigenvalue weighted by atomic mass is 19.1. The summed E-state index contributed by atoms with van der Waals surface area (Å²) in [4.78, 5) is 0. The Kier molecular flexibility index (Phi) is 5.10. The van der Waals surface area contributed by atoms with Crippen LogP contribution in [0.1, 0.15) is 51.9 Å². The first-order valence-electron chi connectivity index (χ1n) is 10.0. The summed E-state index contributed by atoms with van der Waals surface area (Å²) in [7, 11) is 0. The van der Waals surface area contributed by atoms with Crippen LogP contribution in [0.5, 0.6) is 0 Å². The Balaban J connectivity index is 1.54. The van der Waals surface area contributed by atoms with Crippen molar-refractivity contribution in [1.29, 1.82) is 0 Å². The van der Waals surface area contributed by atoms with E-state index in [-0.39, 0.29) is 5.83 Å². The highest BCUT2D eigenvalue weighted by Crippen LogP contribution is 2.41. The molecule has 0 aromatic heterocycles. The highest BCUT2D eigenvalue weighted by Gasteiger charge is 2.27. The summed E-state index contributed by atoms with van der Waals surface area (Å²) in [5, 5.41) is 3.75. The van der Waals surface area contributed by atoms with Gasteiger partial charge in [-0.25, -0.2) is 4.39 Å². The van der Waals surface area contributed by atoms with Gasteiger partial charge in [-0.2, -0.15) is 0 Å². The topological polar surface area (TPSA) is 12.0 Å². The minimum Gasteiger partial charge on any atom is -0.383 e. The Morgan fingerprint density at radius 1 is 1.08 bits per heavy atom. The number of rotatable bonds is 3. The Hall–Kier alpha value is -2.09. The lowest BCUT2D eigenvalue weighted by Gasteiger charge is -2.24. The van der Waals surface area contributed by atoms with Gasteiger partial charge in [-0.15, -0.1) is 0 Å². The molecule has 0 saturated heterocycles. The van der Waals surface area contributed by atoms with Crippen molar-refractivity contribution in [3.05, 3.63) is 82.4 Å². The highest BCUT2D eigenvalue weighted by molar-refractivity contribution is 5.59. The van der Waals surface area contributed by atoms with Crippen LogP contribution in [0.4, 0.5) is 4.39 Å². The van der Waals surface area contributed by atoms with Crippen LogP contribution < -0.4 is 5.32 Å². The van der Waals surface area contributed by atoms with Crippen LogP contribution in [0.3, 0.4) is 0 Å². The molecule has 1 nitrogen and oxygen atoms in total. The van der Waals surface area contributed by atoms with Crippen molar-refractivity contribution in [3.8, 4) is 0 Å². The lowest BCUT2D eigenvalue weighted by molar-refractivity contribution is 0.399. The summed E-state index contributed by atoms with van der Waals surface area (Å²) in [5.41, 5.74) is 6.19. The van der Waals surface area contributed by atoms with Crippen LogP contribution in [0.25, 0.3) is 0 Å². The van der Waals surface area contributed by atoms with Gasteiger partial charge in [-0.05, 0) is 60.6 Å². The Morgan fingerprint density at radius 3 is 2.77 bits per heavy atom. The van der Waals surface area contributed by atoms with Gasteiger partial charge in [0.25, 0.3) is 0 Å². The van der Waals surface area contributed by atoms with Gasteiger partial charge in [0, 0.05) is 24.1 Å². The van der Waals surface area contributed by atoms with E-state index >= 15 is 0 Å². The van der Waals surface area contributed by atoms with E-state index in [9.17, 15) is 4.39 Å². The minimum atomic E-state index is -0.0589. The van der Waals surface area contributed by atoms with Gasteiger partial charge in [0.2, 0.25) is 0 Å². The summed E-state index contributed by atoms with van der Waals surface area (Å²) in [5.74, 6) is 0.273. The minimum absolute atomic E-state index is 0.0589. The molecule has 0 spiro atoms. The van der Waals surface area contributed by atoms with Crippen molar-refractivity contribution >= 4 is 0 Å². The maximum absolute atomic E-state index is 14.0. The SMILES string of the molecule is CC1=C2C=CC(NC3CCCCC3)=CCC2C(C2=CC=CCC(F)=C2)=C1. The van der Waals surface area contributed by atoms with Gasteiger partial charge >= 0.3 is 0 Å². The maximum Gasteiger partial charge on any atom is 0.104 e. The van der Waals surface area contributed by atoms with E-state index in [0.717, 1.165) is 12.0 Å². The molecule has 26 heavy (non-hydrogen) atoms. The first-order valence-corrected chi connectivity index (χ1v) is 10.0. The number of nitrogens with one attached hydrogen (secondary N) is 1. The molecule has 0 aromatic carbocycles. The summed E-state index contributed by atoms with van der Waals surface area (Å²) in [6, 6.07) is 0.620. The summed E-state index contributed by atoms with van der Waals surface area (Å²) in [6.45, 7) is 2.17. The predicted molar refractivity (Wildman–Crippen MR) is 107 cm³/mol. The van der Waals surface area contributed by atoms with Gasteiger partial charge < -0.3 is 5.32 Å². The number of allylic oxidation sites excluding steroid dienone is 13. The van der Waals surface area contributed by atoms with Gasteiger partial charge in [0.1, 0.15) is 5.83 Å². The lowest BCUT2D eigenvalue weighted by atomic mass is 9.87. The molecule has 4 rings (SSSR count). The average molecular weight is 349 g/mol.